The number of carbonyl (C=O) groups excluding carboxylic acids is 1. The van der Waals surface area contributed by atoms with Crippen LogP contribution in [-0.2, 0) is 47.0 Å². The molecule has 1 amide bonds. The van der Waals surface area contributed by atoms with Gasteiger partial charge in [0, 0.05) is 55.5 Å². The average molecular weight is 626 g/mol. The maximum atomic E-state index is 13.9. The van der Waals surface area contributed by atoms with Crippen molar-refractivity contribution >= 4 is 15.9 Å². The number of piperidine rings is 1. The molecule has 2 aliphatic rings. The second-order valence-corrected chi connectivity index (χ2v) is 14.7. The predicted octanol–water partition coefficient (Wildman–Crippen LogP) is 3.95. The lowest BCUT2D eigenvalue weighted by Gasteiger charge is -2.37. The number of likely N-dealkylation sites (tertiary alicyclic amines) is 1. The summed E-state index contributed by atoms with van der Waals surface area (Å²) in [5.74, 6) is -0.504. The number of halogens is 3. The predicted molar refractivity (Wildman–Crippen MR) is 158 cm³/mol. The number of benzene rings is 1. The number of fused-ring (bicyclic) bond motifs is 1. The number of carbonyl (C=O) groups is 1. The highest BCUT2D eigenvalue weighted by molar-refractivity contribution is 7.88. The van der Waals surface area contributed by atoms with Crippen LogP contribution in [0.1, 0.15) is 62.9 Å². The summed E-state index contributed by atoms with van der Waals surface area (Å²) >= 11 is 0. The Kier molecular flexibility index (Phi) is 9.80. The third-order valence-electron chi connectivity index (χ3n) is 8.19. The molecule has 2 aromatic rings. The van der Waals surface area contributed by atoms with Crippen molar-refractivity contribution in [3.8, 4) is 11.3 Å². The molecule has 1 unspecified atom stereocenters. The number of aliphatic hydroxyl groups is 1. The van der Waals surface area contributed by atoms with Gasteiger partial charge in [0.2, 0.25) is 15.9 Å². The molecule has 3 heterocycles. The molecule has 2 aliphatic heterocycles. The highest BCUT2D eigenvalue weighted by atomic mass is 32.2. The largest absolute Gasteiger partial charge is 0.416 e. The molecule has 1 fully saturated rings. The number of sulfonamides is 1. The zero-order valence-electron chi connectivity index (χ0n) is 25.5. The van der Waals surface area contributed by atoms with Crippen molar-refractivity contribution in [2.24, 2.45) is 5.41 Å². The van der Waals surface area contributed by atoms with Gasteiger partial charge >= 0.3 is 6.18 Å². The van der Waals surface area contributed by atoms with Gasteiger partial charge in [-0.05, 0) is 62.9 Å². The first-order chi connectivity index (χ1) is 19.9. The fourth-order valence-electron chi connectivity index (χ4n) is 5.69. The van der Waals surface area contributed by atoms with Crippen LogP contribution in [0.3, 0.4) is 0 Å². The Morgan fingerprint density at radius 3 is 2.44 bits per heavy atom. The molecule has 1 aromatic heterocycles. The monoisotopic (exact) mass is 625 g/mol. The van der Waals surface area contributed by atoms with E-state index in [1.54, 1.807) is 18.5 Å². The molecule has 4 rings (SSSR count). The Morgan fingerprint density at radius 1 is 1.16 bits per heavy atom. The minimum absolute atomic E-state index is 0.0223. The number of rotatable bonds is 9. The molecule has 0 radical (unpaired) electrons. The van der Waals surface area contributed by atoms with Gasteiger partial charge in [0.1, 0.15) is 0 Å². The maximum absolute atomic E-state index is 13.9. The van der Waals surface area contributed by atoms with Crippen LogP contribution in [0.4, 0.5) is 13.2 Å². The van der Waals surface area contributed by atoms with E-state index in [0.29, 0.717) is 35.4 Å². The molecule has 238 valence electrons. The molecule has 9 nitrogen and oxygen atoms in total. The number of aromatic nitrogens is 2. The molecule has 0 saturated carbocycles. The van der Waals surface area contributed by atoms with Crippen LogP contribution >= 0.6 is 0 Å². The number of β-amino-alcohol motifs (C(OH)–C–C–N with tert-alkyl or cyclic N) is 1. The van der Waals surface area contributed by atoms with E-state index in [1.165, 1.54) is 22.5 Å². The second-order valence-electron chi connectivity index (χ2n) is 12.7. The number of amides is 1. The van der Waals surface area contributed by atoms with Crippen LogP contribution in [0.2, 0.25) is 0 Å². The van der Waals surface area contributed by atoms with Gasteiger partial charge in [0.25, 0.3) is 0 Å². The first-order valence-corrected chi connectivity index (χ1v) is 16.3. The number of hydrogen-bond donors (Lipinski definition) is 2. The van der Waals surface area contributed by atoms with E-state index < -0.39 is 33.8 Å². The van der Waals surface area contributed by atoms with Gasteiger partial charge in [-0.15, -0.1) is 0 Å². The number of allylic oxidation sites excluding steroid dienone is 1. The van der Waals surface area contributed by atoms with Crippen molar-refractivity contribution in [3.63, 3.8) is 0 Å². The van der Waals surface area contributed by atoms with Crippen LogP contribution < -0.4 is 5.32 Å². The average Bonchev–Trinajstić information content (AvgIpc) is 3.24. The van der Waals surface area contributed by atoms with Crippen LogP contribution in [0.25, 0.3) is 11.3 Å². The van der Waals surface area contributed by atoms with E-state index in [2.05, 4.69) is 24.1 Å². The lowest BCUT2D eigenvalue weighted by Crippen LogP contribution is -2.42. The van der Waals surface area contributed by atoms with E-state index in [4.69, 9.17) is 5.10 Å². The van der Waals surface area contributed by atoms with Crippen LogP contribution in [-0.4, -0.2) is 77.0 Å². The zero-order chi connectivity index (χ0) is 31.7. The highest BCUT2D eigenvalue weighted by Gasteiger charge is 2.35. The molecule has 0 aliphatic carbocycles. The van der Waals surface area contributed by atoms with Gasteiger partial charge in [0.05, 0.1) is 30.2 Å². The van der Waals surface area contributed by atoms with Crippen molar-refractivity contribution in [1.82, 2.24) is 24.3 Å². The van der Waals surface area contributed by atoms with Gasteiger partial charge in [-0.3, -0.25) is 9.48 Å². The van der Waals surface area contributed by atoms with E-state index >= 15 is 0 Å². The normalized spacial score (nSPS) is 18.6. The Bertz CT molecular complexity index is 1470. The third kappa shape index (κ3) is 8.46. The molecule has 43 heavy (non-hydrogen) atoms. The minimum Gasteiger partial charge on any atom is -0.390 e. The highest BCUT2D eigenvalue weighted by Crippen LogP contribution is 2.37. The lowest BCUT2D eigenvalue weighted by molar-refractivity contribution is -0.138. The van der Waals surface area contributed by atoms with Crippen molar-refractivity contribution < 1.29 is 31.5 Å². The first kappa shape index (κ1) is 33.2. The summed E-state index contributed by atoms with van der Waals surface area (Å²) in [5, 5.41) is 18.3. The van der Waals surface area contributed by atoms with Crippen molar-refractivity contribution in [3.05, 3.63) is 52.2 Å². The molecule has 1 aromatic carbocycles. The first-order valence-electron chi connectivity index (χ1n) is 14.5. The topological polar surface area (TPSA) is 108 Å². The molecule has 13 heteroatoms. The second kappa shape index (κ2) is 12.7. The Hall–Kier alpha value is -2.74. The number of nitrogens with one attached hydrogen (secondary N) is 1. The van der Waals surface area contributed by atoms with Crippen molar-refractivity contribution in [2.75, 3.05) is 32.4 Å². The Labute approximate surface area is 251 Å². The molecule has 0 bridgehead atoms. The summed E-state index contributed by atoms with van der Waals surface area (Å²) in [6.07, 6.45) is -0.524. The fourth-order valence-corrected chi connectivity index (χ4v) is 6.47. The summed E-state index contributed by atoms with van der Waals surface area (Å²) in [4.78, 5) is 14.4. The summed E-state index contributed by atoms with van der Waals surface area (Å²) in [5.41, 5.74) is 2.07. The van der Waals surface area contributed by atoms with Crippen LogP contribution in [0.15, 0.2) is 29.8 Å². The quantitative estimate of drug-likeness (QED) is 0.409. The standard InChI is InChI=1S/C30H42F3N5O4S/c1-20(2)14-27(40)34-16-22-15-21(6-7-25(22)30(31,32)33)28-24-19-37(43(5,41)42)11-8-26(24)38(35-28)18-23(39)17-36-12-9-29(3,4)10-13-36/h6-7,14-15,23,39H,8-13,16-19H2,1-5H3,(H,34,40). The Balaban J connectivity index is 1.67. The molecular weight excluding hydrogens is 583 g/mol. The lowest BCUT2D eigenvalue weighted by atomic mass is 9.82. The van der Waals surface area contributed by atoms with Crippen molar-refractivity contribution in [1.29, 1.82) is 0 Å². The fraction of sp³-hybridized carbons (Fsp3) is 0.600. The van der Waals surface area contributed by atoms with Crippen molar-refractivity contribution in [2.45, 2.75) is 78.9 Å². The van der Waals surface area contributed by atoms with E-state index in [1.807, 2.05) is 0 Å². The summed E-state index contributed by atoms with van der Waals surface area (Å²) in [7, 11) is -3.53. The van der Waals surface area contributed by atoms with Crippen LogP contribution in [0.5, 0.6) is 0 Å². The van der Waals surface area contributed by atoms with Gasteiger partial charge in [-0.25, -0.2) is 8.42 Å². The van der Waals surface area contributed by atoms with Crippen LogP contribution in [0, 0.1) is 5.41 Å². The van der Waals surface area contributed by atoms with Gasteiger partial charge in [-0.1, -0.05) is 25.5 Å². The molecular formula is C30H42F3N5O4S. The number of aliphatic hydroxyl groups excluding tert-OH is 1. The van der Waals surface area contributed by atoms with Gasteiger partial charge in [0.15, 0.2) is 0 Å². The maximum Gasteiger partial charge on any atom is 0.416 e. The number of hydrogen-bond acceptors (Lipinski definition) is 6. The molecule has 0 spiro atoms. The molecule has 1 saturated heterocycles. The summed E-state index contributed by atoms with van der Waals surface area (Å²) in [6, 6.07) is 3.64. The third-order valence-corrected chi connectivity index (χ3v) is 9.44. The summed E-state index contributed by atoms with van der Waals surface area (Å²) < 4.78 is 69.5. The zero-order valence-corrected chi connectivity index (χ0v) is 26.3. The number of alkyl halides is 3. The van der Waals surface area contributed by atoms with E-state index in [9.17, 15) is 31.5 Å². The van der Waals surface area contributed by atoms with E-state index in [-0.39, 0.29) is 37.2 Å². The summed E-state index contributed by atoms with van der Waals surface area (Å²) in [6.45, 7) is 10.2. The molecule has 1 atom stereocenters. The van der Waals surface area contributed by atoms with Gasteiger partial charge in [-0.2, -0.15) is 22.6 Å². The van der Waals surface area contributed by atoms with E-state index in [0.717, 1.165) is 43.9 Å². The smallest absolute Gasteiger partial charge is 0.390 e. The minimum atomic E-state index is -4.64. The number of nitrogens with zero attached hydrogens (tertiary/aromatic N) is 4. The Morgan fingerprint density at radius 2 is 1.84 bits per heavy atom. The van der Waals surface area contributed by atoms with Gasteiger partial charge < -0.3 is 15.3 Å². The molecule has 2 N–H and O–H groups in total. The SMILES string of the molecule is CC(C)=CC(=O)NCc1cc(-c2nn(CC(O)CN3CCC(C)(C)CC3)c3c2CN(S(C)(=O)=O)CC3)ccc1C(F)(F)F.